The smallest absolute Gasteiger partial charge is 0.164 e. The summed E-state index contributed by atoms with van der Waals surface area (Å²) in [6.45, 7) is 0.841. The summed E-state index contributed by atoms with van der Waals surface area (Å²) in [7, 11) is 0. The summed E-state index contributed by atoms with van der Waals surface area (Å²) in [6, 6.07) is 2.03. The topological polar surface area (TPSA) is 29.3 Å². The molecule has 10 heavy (non-hydrogen) atoms. The van der Waals surface area contributed by atoms with Crippen molar-refractivity contribution in [2.24, 2.45) is 4.99 Å². The molecule has 1 aliphatic rings. The molecule has 52 valence electrons. The highest BCUT2D eigenvalue weighted by molar-refractivity contribution is 14.1. The van der Waals surface area contributed by atoms with E-state index in [4.69, 9.17) is 0 Å². The molecule has 0 fully saturated rings. The zero-order chi connectivity index (χ0) is 6.97. The minimum Gasteiger partial charge on any atom is -0.377 e. The first-order valence-corrected chi connectivity index (χ1v) is 3.98. The van der Waals surface area contributed by atoms with Crippen LogP contribution in [0.15, 0.2) is 17.3 Å². The van der Waals surface area contributed by atoms with E-state index in [1.165, 1.54) is 0 Å². The van der Waals surface area contributed by atoms with Crippen molar-refractivity contribution in [3.63, 3.8) is 0 Å². The molecule has 1 N–H and O–H groups in total. The van der Waals surface area contributed by atoms with E-state index in [-0.39, 0.29) is 0 Å². The van der Waals surface area contributed by atoms with Gasteiger partial charge in [0.1, 0.15) is 0 Å². The van der Waals surface area contributed by atoms with Crippen LogP contribution >= 0.6 is 22.9 Å². The molecule has 0 atom stereocenters. The third-order valence-corrected chi connectivity index (χ3v) is 2.19. The molecule has 2 heterocycles. The number of nitrogens with zero attached hydrogens (tertiary/aromatic N) is 2. The van der Waals surface area contributed by atoms with Crippen molar-refractivity contribution >= 4 is 40.6 Å². The summed E-state index contributed by atoms with van der Waals surface area (Å²) < 4.78 is 1.97. The van der Waals surface area contributed by atoms with Gasteiger partial charge < -0.3 is 5.32 Å². The summed E-state index contributed by atoms with van der Waals surface area (Å²) in [6.07, 6.45) is 3.86. The highest BCUT2D eigenvalue weighted by Gasteiger charge is 2.07. The van der Waals surface area contributed by atoms with Crippen LogP contribution in [0.3, 0.4) is 0 Å². The number of hydrogen-bond acceptors (Lipinski definition) is 2. The van der Waals surface area contributed by atoms with Crippen LogP contribution in [0, 0.1) is 0 Å². The Kier molecular flexibility index (Phi) is 1.40. The molecule has 4 heteroatoms. The summed E-state index contributed by atoms with van der Waals surface area (Å²) >= 11 is 2.20. The molecular formula is C6H6IN3. The molecule has 1 aromatic rings. The maximum atomic E-state index is 4.22. The lowest BCUT2D eigenvalue weighted by Crippen LogP contribution is -2.05. The summed E-state index contributed by atoms with van der Waals surface area (Å²) in [5, 5.41) is 3.21. The molecule has 1 aliphatic heterocycles. The first-order valence-electron chi connectivity index (χ1n) is 3.02. The van der Waals surface area contributed by atoms with Crippen LogP contribution in [0.25, 0.3) is 0 Å². The number of halogens is 1. The number of nitrogens with one attached hydrogen (secondary N) is 1. The van der Waals surface area contributed by atoms with E-state index < -0.39 is 0 Å². The molecule has 0 spiro atoms. The van der Waals surface area contributed by atoms with Gasteiger partial charge in [0, 0.05) is 12.4 Å². The molecular weight excluding hydrogens is 241 g/mol. The van der Waals surface area contributed by atoms with Crippen LogP contribution in [-0.4, -0.2) is 15.5 Å². The lowest BCUT2D eigenvalue weighted by atomic mass is 10.4. The Labute approximate surface area is 72.6 Å². The van der Waals surface area contributed by atoms with Gasteiger partial charge in [-0.15, -0.1) is 0 Å². The second kappa shape index (κ2) is 2.26. The van der Waals surface area contributed by atoms with Gasteiger partial charge in [-0.25, -0.2) is 4.99 Å². The van der Waals surface area contributed by atoms with E-state index in [0.717, 1.165) is 18.1 Å². The Bertz CT molecular complexity index is 277. The van der Waals surface area contributed by atoms with Crippen LogP contribution in [0.1, 0.15) is 0 Å². The molecule has 3 nitrogen and oxygen atoms in total. The Balaban J connectivity index is 2.57. The highest BCUT2D eigenvalue weighted by atomic mass is 127. The highest BCUT2D eigenvalue weighted by Crippen LogP contribution is 2.29. The molecule has 0 aromatic carbocycles. The fourth-order valence-corrected chi connectivity index (χ4v) is 1.50. The molecule has 0 amide bonds. The molecule has 0 saturated carbocycles. The molecule has 0 radical (unpaired) electrons. The Morgan fingerprint density at radius 1 is 1.70 bits per heavy atom. The number of hydrogen-bond donors (Lipinski definition) is 1. The third-order valence-electron chi connectivity index (χ3n) is 1.41. The summed E-state index contributed by atoms with van der Waals surface area (Å²) in [5.41, 5.74) is 1.12. The predicted octanol–water partition coefficient (Wildman–Crippen LogP) is 1.81. The fraction of sp³-hybridized carbons (Fsp3) is 0.167. The van der Waals surface area contributed by atoms with Gasteiger partial charge in [0.15, 0.2) is 5.82 Å². The van der Waals surface area contributed by atoms with Gasteiger partial charge in [-0.1, -0.05) is 0 Å². The number of aliphatic imine (C=N–C) groups is 1. The SMILES string of the molecule is In1ccc2c1N=CCN2. The molecule has 0 aliphatic carbocycles. The number of fused-ring (bicyclic) bond motifs is 1. The van der Waals surface area contributed by atoms with Crippen molar-refractivity contribution in [1.29, 1.82) is 0 Å². The van der Waals surface area contributed by atoms with Crippen molar-refractivity contribution in [2.75, 3.05) is 11.9 Å². The normalized spacial score (nSPS) is 14.5. The zero-order valence-corrected chi connectivity index (χ0v) is 7.37. The molecule has 2 rings (SSSR count). The van der Waals surface area contributed by atoms with E-state index in [9.17, 15) is 0 Å². The largest absolute Gasteiger partial charge is 0.377 e. The van der Waals surface area contributed by atoms with Crippen molar-refractivity contribution in [2.45, 2.75) is 0 Å². The number of anilines is 1. The molecule has 1 aromatic heterocycles. The number of rotatable bonds is 0. The van der Waals surface area contributed by atoms with Gasteiger partial charge in [-0.2, -0.15) is 0 Å². The first kappa shape index (κ1) is 6.21. The zero-order valence-electron chi connectivity index (χ0n) is 5.21. The van der Waals surface area contributed by atoms with Gasteiger partial charge in [-0.05, 0) is 6.07 Å². The Morgan fingerprint density at radius 3 is 3.40 bits per heavy atom. The summed E-state index contributed by atoms with van der Waals surface area (Å²) in [5.74, 6) is 1.01. The van der Waals surface area contributed by atoms with Crippen LogP contribution in [-0.2, 0) is 0 Å². The van der Waals surface area contributed by atoms with Gasteiger partial charge in [0.05, 0.1) is 35.1 Å². The molecule has 0 saturated heterocycles. The Morgan fingerprint density at radius 2 is 2.60 bits per heavy atom. The quantitative estimate of drug-likeness (QED) is 0.696. The van der Waals surface area contributed by atoms with Crippen LogP contribution in [0.2, 0.25) is 0 Å². The van der Waals surface area contributed by atoms with Gasteiger partial charge in [0.2, 0.25) is 0 Å². The van der Waals surface area contributed by atoms with Gasteiger partial charge in [-0.3, -0.25) is 2.78 Å². The van der Waals surface area contributed by atoms with Crippen LogP contribution < -0.4 is 5.32 Å². The maximum absolute atomic E-state index is 4.22. The van der Waals surface area contributed by atoms with Gasteiger partial charge in [0.25, 0.3) is 0 Å². The number of aromatic nitrogens is 1. The van der Waals surface area contributed by atoms with Gasteiger partial charge >= 0.3 is 0 Å². The molecule has 0 unspecified atom stereocenters. The minimum atomic E-state index is 0.841. The standard InChI is InChI=1S/C6H6IN3/c7-10-4-1-5-6(10)9-3-2-8-5/h1,3-4,8H,2H2. The van der Waals surface area contributed by atoms with Crippen molar-refractivity contribution in [3.8, 4) is 0 Å². The predicted molar refractivity (Wildman–Crippen MR) is 50.5 cm³/mol. The van der Waals surface area contributed by atoms with E-state index in [1.807, 2.05) is 21.3 Å². The van der Waals surface area contributed by atoms with Crippen LogP contribution in [0.5, 0.6) is 0 Å². The molecule has 0 bridgehead atoms. The second-order valence-electron chi connectivity index (χ2n) is 2.06. The monoisotopic (exact) mass is 247 g/mol. The lowest BCUT2D eigenvalue weighted by Gasteiger charge is -2.06. The van der Waals surface area contributed by atoms with E-state index >= 15 is 0 Å². The second-order valence-corrected chi connectivity index (χ2v) is 3.10. The fourth-order valence-electron chi connectivity index (χ4n) is 0.951. The lowest BCUT2D eigenvalue weighted by molar-refractivity contribution is 1.26. The van der Waals surface area contributed by atoms with Crippen molar-refractivity contribution < 1.29 is 0 Å². The van der Waals surface area contributed by atoms with E-state index in [2.05, 4.69) is 33.2 Å². The summed E-state index contributed by atoms with van der Waals surface area (Å²) in [4.78, 5) is 4.22. The average molecular weight is 247 g/mol. The first-order chi connectivity index (χ1) is 4.88. The minimum absolute atomic E-state index is 0.841. The van der Waals surface area contributed by atoms with Crippen molar-refractivity contribution in [1.82, 2.24) is 2.78 Å². The Hall–Kier alpha value is -0.520. The average Bonchev–Trinajstić information content (AvgIpc) is 2.34. The van der Waals surface area contributed by atoms with Crippen molar-refractivity contribution in [3.05, 3.63) is 12.3 Å². The van der Waals surface area contributed by atoms with Crippen LogP contribution in [0.4, 0.5) is 11.5 Å². The third kappa shape index (κ3) is 0.828. The van der Waals surface area contributed by atoms with E-state index in [0.29, 0.717) is 0 Å². The maximum Gasteiger partial charge on any atom is 0.164 e. The van der Waals surface area contributed by atoms with E-state index in [1.54, 1.807) is 0 Å².